The fourth-order valence-corrected chi connectivity index (χ4v) is 3.75. The summed E-state index contributed by atoms with van der Waals surface area (Å²) in [7, 11) is 1.34. The average molecular weight is 392 g/mol. The van der Waals surface area contributed by atoms with Crippen LogP contribution in [0.5, 0.6) is 0 Å². The number of carbonyl (C=O) groups excluding carboxylic acids is 3. The normalized spacial score (nSPS) is 10.8. The zero-order valence-electron chi connectivity index (χ0n) is 16.6. The summed E-state index contributed by atoms with van der Waals surface area (Å²) in [5.41, 5.74) is 9.21. The molecule has 1 heterocycles. The predicted molar refractivity (Wildman–Crippen MR) is 111 cm³/mol. The molecule has 0 saturated heterocycles. The number of rotatable bonds is 8. The molecule has 0 saturated carbocycles. The Bertz CT molecular complexity index is 1070. The molecule has 0 aliphatic heterocycles. The summed E-state index contributed by atoms with van der Waals surface area (Å²) in [6, 6.07) is 15.6. The smallest absolute Gasteiger partial charge is 0.305 e. The molecule has 2 N–H and O–H groups in total. The molecule has 0 unspecified atom stereocenters. The topological polar surface area (TPSA) is 91.4 Å². The van der Waals surface area contributed by atoms with Crippen LogP contribution in [0, 0.1) is 0 Å². The SMILES string of the molecule is CCc1c(C(=O)C(N)=O)c2c(CCC(=O)OC)cccc2n1Cc1ccccc1. The molecule has 6 heteroatoms. The first-order valence-corrected chi connectivity index (χ1v) is 9.55. The van der Waals surface area contributed by atoms with E-state index in [1.807, 2.05) is 55.5 Å². The zero-order chi connectivity index (χ0) is 21.0. The van der Waals surface area contributed by atoms with Crippen molar-refractivity contribution in [1.29, 1.82) is 0 Å². The van der Waals surface area contributed by atoms with Gasteiger partial charge in [0.05, 0.1) is 12.7 Å². The van der Waals surface area contributed by atoms with Crippen molar-refractivity contribution in [1.82, 2.24) is 4.57 Å². The Morgan fingerprint density at radius 1 is 1.03 bits per heavy atom. The molecule has 0 aliphatic carbocycles. The number of hydrogen-bond donors (Lipinski definition) is 1. The third-order valence-electron chi connectivity index (χ3n) is 5.08. The lowest BCUT2D eigenvalue weighted by atomic mass is 9.98. The predicted octanol–water partition coefficient (Wildman–Crippen LogP) is 3.03. The minimum atomic E-state index is -0.985. The monoisotopic (exact) mass is 392 g/mol. The Morgan fingerprint density at radius 3 is 2.38 bits per heavy atom. The number of Topliss-reactive ketones (excluding diaryl/α,β-unsaturated/α-hetero) is 1. The number of primary amides is 1. The fourth-order valence-electron chi connectivity index (χ4n) is 3.75. The van der Waals surface area contributed by atoms with Gasteiger partial charge in [-0.3, -0.25) is 14.4 Å². The van der Waals surface area contributed by atoms with Crippen LogP contribution in [0.2, 0.25) is 0 Å². The van der Waals surface area contributed by atoms with Gasteiger partial charge in [-0.1, -0.05) is 49.4 Å². The lowest BCUT2D eigenvalue weighted by Gasteiger charge is -2.11. The number of hydrogen-bond acceptors (Lipinski definition) is 4. The van der Waals surface area contributed by atoms with E-state index in [0.717, 1.165) is 22.3 Å². The van der Waals surface area contributed by atoms with Gasteiger partial charge >= 0.3 is 5.97 Å². The van der Waals surface area contributed by atoms with Crippen molar-refractivity contribution < 1.29 is 19.1 Å². The molecule has 0 fully saturated rings. The highest BCUT2D eigenvalue weighted by Crippen LogP contribution is 2.32. The molecule has 1 amide bonds. The van der Waals surface area contributed by atoms with E-state index in [1.54, 1.807) is 0 Å². The summed E-state index contributed by atoms with van der Waals surface area (Å²) in [4.78, 5) is 36.2. The van der Waals surface area contributed by atoms with Gasteiger partial charge in [0.1, 0.15) is 0 Å². The van der Waals surface area contributed by atoms with Crippen LogP contribution in [0.1, 0.15) is 40.5 Å². The van der Waals surface area contributed by atoms with E-state index < -0.39 is 11.7 Å². The molecule has 0 radical (unpaired) electrons. The number of ether oxygens (including phenoxy) is 1. The first kappa shape index (κ1) is 20.3. The zero-order valence-corrected chi connectivity index (χ0v) is 16.6. The number of ketones is 1. The van der Waals surface area contributed by atoms with E-state index in [2.05, 4.69) is 4.57 Å². The van der Waals surface area contributed by atoms with Gasteiger partial charge in [0.15, 0.2) is 0 Å². The molecule has 3 rings (SSSR count). The third-order valence-corrected chi connectivity index (χ3v) is 5.08. The molecule has 2 aromatic carbocycles. The van der Waals surface area contributed by atoms with E-state index in [0.29, 0.717) is 30.3 Å². The van der Waals surface area contributed by atoms with E-state index in [1.165, 1.54) is 7.11 Å². The molecular weight excluding hydrogens is 368 g/mol. The van der Waals surface area contributed by atoms with E-state index in [4.69, 9.17) is 10.5 Å². The first-order chi connectivity index (χ1) is 14.0. The molecule has 3 aromatic rings. The van der Waals surface area contributed by atoms with Crippen LogP contribution < -0.4 is 5.73 Å². The fraction of sp³-hybridized carbons (Fsp3) is 0.261. The first-order valence-electron chi connectivity index (χ1n) is 9.55. The Kier molecular flexibility index (Phi) is 6.12. The van der Waals surface area contributed by atoms with Crippen molar-refractivity contribution in [3.8, 4) is 0 Å². The summed E-state index contributed by atoms with van der Waals surface area (Å²) in [5.74, 6) is -2.02. The Labute approximate surface area is 169 Å². The van der Waals surface area contributed by atoms with Crippen LogP contribution in [0.25, 0.3) is 10.9 Å². The standard InChI is InChI=1S/C23H24N2O4/c1-3-17-21(22(27)23(24)28)20-16(12-13-19(26)29-2)10-7-11-18(20)25(17)14-15-8-5-4-6-9-15/h4-11H,3,12-14H2,1-2H3,(H2,24,28). The minimum Gasteiger partial charge on any atom is -0.469 e. The molecule has 1 aromatic heterocycles. The number of aryl methyl sites for hydroxylation is 1. The average Bonchev–Trinajstić information content (AvgIpc) is 3.05. The number of carbonyl (C=O) groups is 3. The van der Waals surface area contributed by atoms with Gasteiger partial charge in [-0.15, -0.1) is 0 Å². The number of benzene rings is 2. The summed E-state index contributed by atoms with van der Waals surface area (Å²) in [6.45, 7) is 2.51. The molecule has 150 valence electrons. The molecule has 0 atom stereocenters. The molecule has 0 aliphatic rings. The largest absolute Gasteiger partial charge is 0.469 e. The van der Waals surface area contributed by atoms with Crippen molar-refractivity contribution in [2.45, 2.75) is 32.7 Å². The number of nitrogens with zero attached hydrogens (tertiary/aromatic N) is 1. The highest BCUT2D eigenvalue weighted by atomic mass is 16.5. The summed E-state index contributed by atoms with van der Waals surface area (Å²) >= 11 is 0. The summed E-state index contributed by atoms with van der Waals surface area (Å²) in [6.07, 6.45) is 1.15. The number of amides is 1. The molecule has 0 bridgehead atoms. The Morgan fingerprint density at radius 2 is 1.76 bits per heavy atom. The van der Waals surface area contributed by atoms with Gasteiger partial charge in [0, 0.05) is 29.6 Å². The van der Waals surface area contributed by atoms with Gasteiger partial charge in [-0.2, -0.15) is 0 Å². The van der Waals surface area contributed by atoms with Gasteiger partial charge in [-0.05, 0) is 30.0 Å². The highest BCUT2D eigenvalue weighted by molar-refractivity contribution is 6.45. The maximum Gasteiger partial charge on any atom is 0.305 e. The third kappa shape index (κ3) is 4.06. The van der Waals surface area contributed by atoms with Crippen LogP contribution in [-0.4, -0.2) is 29.3 Å². The van der Waals surface area contributed by atoms with Crippen LogP contribution in [0.3, 0.4) is 0 Å². The number of nitrogens with two attached hydrogens (primary N) is 1. The lowest BCUT2D eigenvalue weighted by molar-refractivity contribution is -0.140. The van der Waals surface area contributed by atoms with Crippen LogP contribution in [0.15, 0.2) is 48.5 Å². The van der Waals surface area contributed by atoms with Gasteiger partial charge in [0.25, 0.3) is 11.7 Å². The second kappa shape index (κ2) is 8.73. The van der Waals surface area contributed by atoms with E-state index in [9.17, 15) is 14.4 Å². The van der Waals surface area contributed by atoms with Gasteiger partial charge < -0.3 is 15.0 Å². The van der Waals surface area contributed by atoms with Crippen molar-refractivity contribution in [3.05, 3.63) is 70.9 Å². The number of aromatic nitrogens is 1. The molecule has 0 spiro atoms. The van der Waals surface area contributed by atoms with Crippen LogP contribution in [-0.2, 0) is 33.7 Å². The second-order valence-corrected chi connectivity index (χ2v) is 6.83. The van der Waals surface area contributed by atoms with Crippen molar-refractivity contribution in [3.63, 3.8) is 0 Å². The van der Waals surface area contributed by atoms with Crippen LogP contribution >= 0.6 is 0 Å². The number of methoxy groups -OCH3 is 1. The maximum atomic E-state index is 12.8. The molecule has 29 heavy (non-hydrogen) atoms. The van der Waals surface area contributed by atoms with Crippen LogP contribution in [0.4, 0.5) is 0 Å². The minimum absolute atomic E-state index is 0.186. The summed E-state index contributed by atoms with van der Waals surface area (Å²) < 4.78 is 6.80. The van der Waals surface area contributed by atoms with Gasteiger partial charge in [-0.25, -0.2) is 0 Å². The maximum absolute atomic E-state index is 12.8. The van der Waals surface area contributed by atoms with Crippen molar-refractivity contribution >= 4 is 28.6 Å². The number of fused-ring (bicyclic) bond motifs is 1. The highest BCUT2D eigenvalue weighted by Gasteiger charge is 2.26. The van der Waals surface area contributed by atoms with Crippen molar-refractivity contribution in [2.75, 3.05) is 7.11 Å². The Balaban J connectivity index is 2.23. The second-order valence-electron chi connectivity index (χ2n) is 6.83. The quantitative estimate of drug-likeness (QED) is 0.362. The van der Waals surface area contributed by atoms with Crippen molar-refractivity contribution in [2.24, 2.45) is 5.73 Å². The lowest BCUT2D eigenvalue weighted by Crippen LogP contribution is -2.24. The van der Waals surface area contributed by atoms with Gasteiger partial charge in [0.2, 0.25) is 0 Å². The molecular formula is C23H24N2O4. The van der Waals surface area contributed by atoms with E-state index in [-0.39, 0.29) is 12.4 Å². The van der Waals surface area contributed by atoms with E-state index >= 15 is 0 Å². The summed E-state index contributed by atoms with van der Waals surface area (Å²) in [5, 5.41) is 0.688. The molecule has 6 nitrogen and oxygen atoms in total. The number of esters is 1. The Hall–Kier alpha value is -3.41.